The molecule has 68 valence electrons. The Bertz CT molecular complexity index is 615. The van der Waals surface area contributed by atoms with Gasteiger partial charge < -0.3 is 0 Å². The smallest absolute Gasteiger partial charge is 0.209 e. The van der Waals surface area contributed by atoms with Crippen LogP contribution in [0.3, 0.4) is 0 Å². The zero-order valence-electron chi connectivity index (χ0n) is 7.18. The quantitative estimate of drug-likeness (QED) is 0.526. The lowest BCUT2D eigenvalue weighted by molar-refractivity contribution is 1.12. The van der Waals surface area contributed by atoms with Crippen molar-refractivity contribution >= 4 is 28.2 Å². The van der Waals surface area contributed by atoms with E-state index in [9.17, 15) is 0 Å². The van der Waals surface area contributed by atoms with Gasteiger partial charge in [0.15, 0.2) is 0 Å². The largest absolute Gasteiger partial charge is 0.274 e. The molecule has 0 aliphatic rings. The highest BCUT2D eigenvalue weighted by Gasteiger charge is 2.05. The molecule has 0 fully saturated rings. The van der Waals surface area contributed by atoms with Crippen LogP contribution in [0.4, 0.5) is 0 Å². The predicted molar refractivity (Wildman–Crippen MR) is 55.5 cm³/mol. The number of aromatic nitrogens is 3. The molecule has 0 aliphatic heterocycles. The summed E-state index contributed by atoms with van der Waals surface area (Å²) in [5, 5.41) is 1.46. The molecule has 0 bridgehead atoms. The molecule has 0 radical (unpaired) electrons. The van der Waals surface area contributed by atoms with Crippen LogP contribution in [0.25, 0.3) is 16.6 Å². The average Bonchev–Trinajstić information content (AvgIpc) is 2.67. The summed E-state index contributed by atoms with van der Waals surface area (Å²) >= 11 is 5.99. The van der Waals surface area contributed by atoms with Crippen LogP contribution in [0.1, 0.15) is 0 Å². The van der Waals surface area contributed by atoms with Gasteiger partial charge in [-0.3, -0.25) is 4.40 Å². The second-order valence-electron chi connectivity index (χ2n) is 3.02. The Balaban J connectivity index is 2.66. The Morgan fingerprint density at radius 2 is 2.07 bits per heavy atom. The fraction of sp³-hybridized carbons (Fsp3) is 0. The summed E-state index contributed by atoms with van der Waals surface area (Å²) in [6.45, 7) is 0. The van der Waals surface area contributed by atoms with Gasteiger partial charge in [-0.15, -0.1) is 0 Å². The normalized spacial score (nSPS) is 11.2. The lowest BCUT2D eigenvalue weighted by atomic mass is 10.2. The van der Waals surface area contributed by atoms with Crippen molar-refractivity contribution in [2.24, 2.45) is 0 Å². The molecular weight excluding hydrogens is 198 g/mol. The van der Waals surface area contributed by atoms with E-state index in [2.05, 4.69) is 9.97 Å². The molecule has 3 nitrogen and oxygen atoms in total. The Morgan fingerprint density at radius 1 is 1.21 bits per heavy atom. The molecule has 0 spiro atoms. The summed E-state index contributed by atoms with van der Waals surface area (Å²) in [4.78, 5) is 8.51. The number of hydrogen-bond donors (Lipinski definition) is 0. The van der Waals surface area contributed by atoms with Gasteiger partial charge in [0, 0.05) is 17.8 Å². The Morgan fingerprint density at radius 3 is 3.00 bits per heavy atom. The first-order valence-corrected chi connectivity index (χ1v) is 4.61. The van der Waals surface area contributed by atoms with Gasteiger partial charge in [0.05, 0.1) is 5.52 Å². The highest BCUT2D eigenvalue weighted by atomic mass is 35.5. The summed E-state index contributed by atoms with van der Waals surface area (Å²) in [5.74, 6) is 0. The number of nitrogens with zero attached hydrogens (tertiary/aromatic N) is 3. The minimum absolute atomic E-state index is 0.441. The van der Waals surface area contributed by atoms with E-state index in [0.717, 1.165) is 16.6 Å². The predicted octanol–water partition coefficient (Wildman–Crippen LogP) is 2.54. The summed E-state index contributed by atoms with van der Waals surface area (Å²) in [7, 11) is 0. The van der Waals surface area contributed by atoms with Crippen molar-refractivity contribution < 1.29 is 0 Å². The molecule has 1 aromatic carbocycles. The van der Waals surface area contributed by atoms with Crippen molar-refractivity contribution in [3.63, 3.8) is 0 Å². The zero-order chi connectivity index (χ0) is 9.54. The van der Waals surface area contributed by atoms with E-state index in [4.69, 9.17) is 11.6 Å². The fourth-order valence-electron chi connectivity index (χ4n) is 1.57. The van der Waals surface area contributed by atoms with Crippen LogP contribution in [0.15, 0.2) is 36.7 Å². The van der Waals surface area contributed by atoms with Gasteiger partial charge in [-0.05, 0) is 23.7 Å². The van der Waals surface area contributed by atoms with Gasteiger partial charge in [-0.2, -0.15) is 0 Å². The van der Waals surface area contributed by atoms with Crippen LogP contribution in [0, 0.1) is 0 Å². The number of rotatable bonds is 0. The zero-order valence-corrected chi connectivity index (χ0v) is 7.94. The standard InChI is InChI=1S/C10H6ClN3/c11-10-13-8-4-2-1-3-7(8)9-12-5-6-14(9)10/h1-6H. The maximum absolute atomic E-state index is 5.99. The van der Waals surface area contributed by atoms with E-state index in [1.165, 1.54) is 0 Å². The number of imidazole rings is 1. The van der Waals surface area contributed by atoms with Gasteiger partial charge in [-0.1, -0.05) is 12.1 Å². The second kappa shape index (κ2) is 2.69. The lowest BCUT2D eigenvalue weighted by Crippen LogP contribution is -1.91. The first-order valence-electron chi connectivity index (χ1n) is 4.23. The molecule has 3 rings (SSSR count). The molecule has 0 amide bonds. The Hall–Kier alpha value is -1.61. The van der Waals surface area contributed by atoms with Gasteiger partial charge >= 0.3 is 0 Å². The maximum atomic E-state index is 5.99. The second-order valence-corrected chi connectivity index (χ2v) is 3.36. The molecule has 0 unspecified atom stereocenters. The van der Waals surface area contributed by atoms with E-state index < -0.39 is 0 Å². The maximum Gasteiger partial charge on any atom is 0.209 e. The van der Waals surface area contributed by atoms with Crippen LogP contribution in [0.2, 0.25) is 5.28 Å². The van der Waals surface area contributed by atoms with E-state index in [-0.39, 0.29) is 0 Å². The molecule has 0 N–H and O–H groups in total. The molecule has 0 saturated carbocycles. The van der Waals surface area contributed by atoms with Crippen LogP contribution in [-0.2, 0) is 0 Å². The third-order valence-electron chi connectivity index (χ3n) is 2.20. The van der Waals surface area contributed by atoms with Crippen LogP contribution in [0.5, 0.6) is 0 Å². The van der Waals surface area contributed by atoms with Crippen molar-refractivity contribution in [2.75, 3.05) is 0 Å². The number of hydrogen-bond acceptors (Lipinski definition) is 2. The molecule has 0 atom stereocenters. The van der Waals surface area contributed by atoms with Gasteiger partial charge in [-0.25, -0.2) is 9.97 Å². The van der Waals surface area contributed by atoms with Crippen molar-refractivity contribution in [3.8, 4) is 0 Å². The minimum Gasteiger partial charge on any atom is -0.274 e. The number of para-hydroxylation sites is 1. The third-order valence-corrected chi connectivity index (χ3v) is 2.46. The molecule has 14 heavy (non-hydrogen) atoms. The molecular formula is C10H6ClN3. The molecule has 3 aromatic rings. The summed E-state index contributed by atoms with van der Waals surface area (Å²) in [6.07, 6.45) is 3.52. The van der Waals surface area contributed by atoms with Crippen LogP contribution < -0.4 is 0 Å². The van der Waals surface area contributed by atoms with Crippen molar-refractivity contribution in [3.05, 3.63) is 41.9 Å². The van der Waals surface area contributed by atoms with Crippen molar-refractivity contribution in [1.82, 2.24) is 14.4 Å². The van der Waals surface area contributed by atoms with E-state index in [1.54, 1.807) is 16.8 Å². The molecule has 4 heteroatoms. The van der Waals surface area contributed by atoms with Gasteiger partial charge in [0.2, 0.25) is 5.28 Å². The molecule has 2 aromatic heterocycles. The van der Waals surface area contributed by atoms with E-state index in [0.29, 0.717) is 5.28 Å². The monoisotopic (exact) mass is 203 g/mol. The highest BCUT2D eigenvalue weighted by Crippen LogP contribution is 2.19. The third kappa shape index (κ3) is 0.930. The fourth-order valence-corrected chi connectivity index (χ4v) is 1.79. The van der Waals surface area contributed by atoms with Crippen molar-refractivity contribution in [2.45, 2.75) is 0 Å². The summed E-state index contributed by atoms with van der Waals surface area (Å²) in [5.41, 5.74) is 1.72. The van der Waals surface area contributed by atoms with Crippen LogP contribution >= 0.6 is 11.6 Å². The van der Waals surface area contributed by atoms with Crippen molar-refractivity contribution in [1.29, 1.82) is 0 Å². The molecule has 0 saturated heterocycles. The Kier molecular flexibility index (Phi) is 1.49. The van der Waals surface area contributed by atoms with E-state index >= 15 is 0 Å². The average molecular weight is 204 g/mol. The molecule has 0 aliphatic carbocycles. The first kappa shape index (κ1) is 7.76. The molecule has 2 heterocycles. The van der Waals surface area contributed by atoms with Gasteiger partial charge in [0.1, 0.15) is 5.65 Å². The van der Waals surface area contributed by atoms with Crippen LogP contribution in [-0.4, -0.2) is 14.4 Å². The first-order chi connectivity index (χ1) is 6.86. The van der Waals surface area contributed by atoms with Gasteiger partial charge in [0.25, 0.3) is 0 Å². The highest BCUT2D eigenvalue weighted by molar-refractivity contribution is 6.29. The summed E-state index contributed by atoms with van der Waals surface area (Å²) < 4.78 is 1.77. The number of halogens is 1. The van der Waals surface area contributed by atoms with E-state index in [1.807, 2.05) is 24.3 Å². The summed E-state index contributed by atoms with van der Waals surface area (Å²) in [6, 6.07) is 7.81. The Labute approximate surface area is 85.0 Å². The SMILES string of the molecule is Clc1nc2ccccc2c2nccn12. The minimum atomic E-state index is 0.441. The lowest BCUT2D eigenvalue weighted by Gasteiger charge is -2.01. The number of benzene rings is 1. The topological polar surface area (TPSA) is 30.2 Å². The number of fused-ring (bicyclic) bond motifs is 3.